The molecule has 0 spiro atoms. The number of carbonyl (C=O) groups excluding carboxylic acids is 1. The van der Waals surface area contributed by atoms with Crippen molar-refractivity contribution in [3.8, 4) is 0 Å². The number of carbonyl (C=O) groups is 1. The number of benzene rings is 1. The number of rotatable bonds is 6. The van der Waals surface area contributed by atoms with E-state index in [0.717, 1.165) is 30.6 Å². The highest BCUT2D eigenvalue weighted by Crippen LogP contribution is 2.19. The van der Waals surface area contributed by atoms with E-state index in [1.54, 1.807) is 0 Å². The monoisotopic (exact) mass is 305 g/mol. The molecule has 0 aromatic heterocycles. The van der Waals surface area contributed by atoms with Gasteiger partial charge >= 0.3 is 0 Å². The smallest absolute Gasteiger partial charge is 0.234 e. The third kappa shape index (κ3) is 5.20. The predicted molar refractivity (Wildman–Crippen MR) is 75.8 cm³/mol. The Hall–Kier alpha value is -1.08. The average Bonchev–Trinajstić information content (AvgIpc) is 2.31. The molecule has 0 aliphatic heterocycles. The van der Waals surface area contributed by atoms with Gasteiger partial charge in [-0.25, -0.2) is 12.8 Å². The van der Waals surface area contributed by atoms with Crippen LogP contribution in [0.1, 0.15) is 13.3 Å². The molecule has 1 amide bonds. The van der Waals surface area contributed by atoms with E-state index < -0.39 is 15.7 Å². The van der Waals surface area contributed by atoms with Gasteiger partial charge in [-0.1, -0.05) is 6.92 Å². The van der Waals surface area contributed by atoms with Crippen LogP contribution in [0.15, 0.2) is 23.1 Å². The second-order valence-corrected chi connectivity index (χ2v) is 7.14. The summed E-state index contributed by atoms with van der Waals surface area (Å²) in [6.45, 7) is 2.00. The number of hydrogen-bond donors (Lipinski definition) is 1. The van der Waals surface area contributed by atoms with Crippen molar-refractivity contribution < 1.29 is 17.6 Å². The van der Waals surface area contributed by atoms with Gasteiger partial charge in [0.05, 0.1) is 16.3 Å². The summed E-state index contributed by atoms with van der Waals surface area (Å²) in [5, 5.41) is 2.38. The van der Waals surface area contributed by atoms with Crippen LogP contribution >= 0.6 is 11.8 Å². The van der Waals surface area contributed by atoms with Crippen LogP contribution in [0.4, 0.5) is 10.1 Å². The fraction of sp³-hybridized carbons (Fsp3) is 0.417. The number of halogens is 1. The van der Waals surface area contributed by atoms with Crippen molar-refractivity contribution in [2.45, 2.75) is 18.2 Å². The van der Waals surface area contributed by atoms with E-state index in [0.29, 0.717) is 0 Å². The van der Waals surface area contributed by atoms with E-state index in [1.807, 2.05) is 6.92 Å². The van der Waals surface area contributed by atoms with Crippen LogP contribution in [0.25, 0.3) is 0 Å². The van der Waals surface area contributed by atoms with Crippen LogP contribution in [-0.2, 0) is 14.6 Å². The number of amides is 1. The van der Waals surface area contributed by atoms with Gasteiger partial charge in [-0.05, 0) is 30.4 Å². The number of thioether (sulfide) groups is 1. The first-order chi connectivity index (χ1) is 8.84. The van der Waals surface area contributed by atoms with Crippen LogP contribution in [0.3, 0.4) is 0 Å². The molecule has 1 N–H and O–H groups in total. The van der Waals surface area contributed by atoms with E-state index in [2.05, 4.69) is 5.32 Å². The molecule has 0 unspecified atom stereocenters. The van der Waals surface area contributed by atoms with Crippen molar-refractivity contribution in [3.05, 3.63) is 24.0 Å². The zero-order chi connectivity index (χ0) is 14.5. The van der Waals surface area contributed by atoms with E-state index >= 15 is 0 Å². The highest BCUT2D eigenvalue weighted by atomic mass is 32.2. The second-order valence-electron chi connectivity index (χ2n) is 4.01. The van der Waals surface area contributed by atoms with Crippen LogP contribution in [0, 0.1) is 5.82 Å². The minimum absolute atomic E-state index is 0.0228. The first-order valence-corrected chi connectivity index (χ1v) is 8.76. The van der Waals surface area contributed by atoms with E-state index in [9.17, 15) is 17.6 Å². The average molecular weight is 305 g/mol. The molecule has 1 aromatic carbocycles. The molecule has 19 heavy (non-hydrogen) atoms. The minimum atomic E-state index is -3.42. The molecule has 0 atom stereocenters. The van der Waals surface area contributed by atoms with Gasteiger partial charge in [-0.3, -0.25) is 4.79 Å². The molecule has 7 heteroatoms. The molecule has 1 rings (SSSR count). The zero-order valence-corrected chi connectivity index (χ0v) is 12.4. The quantitative estimate of drug-likeness (QED) is 0.647. The Balaban J connectivity index is 2.80. The van der Waals surface area contributed by atoms with Crippen LogP contribution in [0.5, 0.6) is 0 Å². The lowest BCUT2D eigenvalue weighted by Gasteiger charge is -2.08. The lowest BCUT2D eigenvalue weighted by molar-refractivity contribution is -0.113. The third-order valence-electron chi connectivity index (χ3n) is 2.22. The van der Waals surface area contributed by atoms with Crippen molar-refractivity contribution in [1.82, 2.24) is 0 Å². The summed E-state index contributed by atoms with van der Waals surface area (Å²) in [7, 11) is -3.42. The molecule has 4 nitrogen and oxygen atoms in total. The predicted octanol–water partition coefficient (Wildman–Crippen LogP) is 2.31. The molecule has 1 aromatic rings. The van der Waals surface area contributed by atoms with Crippen molar-refractivity contribution in [2.24, 2.45) is 0 Å². The highest BCUT2D eigenvalue weighted by molar-refractivity contribution is 7.99. The largest absolute Gasteiger partial charge is 0.323 e. The molecule has 0 aliphatic carbocycles. The minimum Gasteiger partial charge on any atom is -0.323 e. The van der Waals surface area contributed by atoms with Gasteiger partial charge in [-0.15, -0.1) is 0 Å². The second kappa shape index (κ2) is 6.91. The molecule has 0 saturated carbocycles. The molecule has 0 radical (unpaired) electrons. The van der Waals surface area contributed by atoms with E-state index in [-0.39, 0.29) is 22.2 Å². The first-order valence-electron chi connectivity index (χ1n) is 5.71. The van der Waals surface area contributed by atoms with Gasteiger partial charge in [0.1, 0.15) is 5.82 Å². The number of hydrogen-bond acceptors (Lipinski definition) is 4. The van der Waals surface area contributed by atoms with Gasteiger partial charge in [-0.2, -0.15) is 11.8 Å². The maximum atomic E-state index is 13.5. The Bertz CT molecular complexity index is 558. The van der Waals surface area contributed by atoms with Crippen LogP contribution < -0.4 is 5.32 Å². The standard InChI is InChI=1S/C12H16FNO3S2/c1-3-6-18-8-12(15)14-11-7-9(19(2,16)17)4-5-10(11)13/h4-5,7H,3,6,8H2,1-2H3,(H,14,15). The summed E-state index contributed by atoms with van der Waals surface area (Å²) < 4.78 is 36.2. The Morgan fingerprint density at radius 1 is 1.42 bits per heavy atom. The van der Waals surface area contributed by atoms with E-state index in [4.69, 9.17) is 0 Å². The normalized spacial score (nSPS) is 11.3. The Kier molecular flexibility index (Phi) is 5.81. The topological polar surface area (TPSA) is 63.2 Å². The van der Waals surface area contributed by atoms with Crippen molar-refractivity contribution >= 4 is 33.2 Å². The maximum Gasteiger partial charge on any atom is 0.234 e. The van der Waals surface area contributed by atoms with Crippen molar-refractivity contribution in [3.63, 3.8) is 0 Å². The lowest BCUT2D eigenvalue weighted by Crippen LogP contribution is -2.15. The SMILES string of the molecule is CCCSCC(=O)Nc1cc(S(C)(=O)=O)ccc1F. The molecule has 0 aliphatic rings. The number of sulfone groups is 1. The van der Waals surface area contributed by atoms with Gasteiger partial charge in [0, 0.05) is 6.26 Å². The number of nitrogens with one attached hydrogen (secondary N) is 1. The molecule has 0 fully saturated rings. The van der Waals surface area contributed by atoms with Gasteiger partial charge in [0.2, 0.25) is 5.91 Å². The fourth-order valence-electron chi connectivity index (χ4n) is 1.33. The summed E-state index contributed by atoms with van der Waals surface area (Å²) in [6.07, 6.45) is 1.98. The van der Waals surface area contributed by atoms with Crippen molar-refractivity contribution in [2.75, 3.05) is 23.1 Å². The molecule has 0 bridgehead atoms. The highest BCUT2D eigenvalue weighted by Gasteiger charge is 2.12. The summed E-state index contributed by atoms with van der Waals surface area (Å²) >= 11 is 1.44. The Morgan fingerprint density at radius 2 is 2.11 bits per heavy atom. The summed E-state index contributed by atoms with van der Waals surface area (Å²) in [4.78, 5) is 11.5. The summed E-state index contributed by atoms with van der Waals surface area (Å²) in [6, 6.07) is 3.34. The summed E-state index contributed by atoms with van der Waals surface area (Å²) in [5.74, 6) is 0.0691. The van der Waals surface area contributed by atoms with Gasteiger partial charge < -0.3 is 5.32 Å². The molecule has 106 valence electrons. The summed E-state index contributed by atoms with van der Waals surface area (Å²) in [5.41, 5.74) is -0.106. The Labute approximate surface area is 116 Å². The van der Waals surface area contributed by atoms with Crippen LogP contribution in [-0.4, -0.2) is 32.1 Å². The molecular formula is C12H16FNO3S2. The van der Waals surface area contributed by atoms with Crippen molar-refractivity contribution in [1.29, 1.82) is 0 Å². The Morgan fingerprint density at radius 3 is 2.68 bits per heavy atom. The molecule has 0 saturated heterocycles. The number of anilines is 1. The maximum absolute atomic E-state index is 13.5. The molecule has 0 heterocycles. The van der Waals surface area contributed by atoms with Crippen LogP contribution in [0.2, 0.25) is 0 Å². The lowest BCUT2D eigenvalue weighted by atomic mass is 10.3. The molecular weight excluding hydrogens is 289 g/mol. The fourth-order valence-corrected chi connectivity index (χ4v) is 2.66. The van der Waals surface area contributed by atoms with Gasteiger partial charge in [0.15, 0.2) is 9.84 Å². The van der Waals surface area contributed by atoms with E-state index in [1.165, 1.54) is 17.8 Å². The van der Waals surface area contributed by atoms with Gasteiger partial charge in [0.25, 0.3) is 0 Å². The third-order valence-corrected chi connectivity index (χ3v) is 4.50. The first kappa shape index (κ1) is 16.0. The zero-order valence-electron chi connectivity index (χ0n) is 10.8.